The normalized spacial score (nSPS) is 11.4. The number of hydrogen-bond acceptors (Lipinski definition) is 4. The standard InChI is InChI=1S/C21H20N2O3S/c1-6-9-23-16-11-17(25-4)18(26-5)12-19(16)27-21(23)22-20(24)15-8-7-13(2)10-14(15)3/h1,7-8,10-12H,9H2,2-5H3. The highest BCUT2D eigenvalue weighted by Gasteiger charge is 2.14. The molecule has 0 aliphatic heterocycles. The van der Waals surface area contributed by atoms with Gasteiger partial charge in [0.25, 0.3) is 5.91 Å². The molecule has 0 aliphatic rings. The summed E-state index contributed by atoms with van der Waals surface area (Å²) in [7, 11) is 3.17. The van der Waals surface area contributed by atoms with Gasteiger partial charge in [-0.05, 0) is 25.5 Å². The summed E-state index contributed by atoms with van der Waals surface area (Å²) in [5.41, 5.74) is 3.44. The van der Waals surface area contributed by atoms with E-state index in [4.69, 9.17) is 15.9 Å². The molecule has 1 aromatic heterocycles. The molecule has 3 rings (SSSR count). The van der Waals surface area contributed by atoms with Crippen LogP contribution < -0.4 is 14.3 Å². The minimum absolute atomic E-state index is 0.288. The molecule has 1 amide bonds. The van der Waals surface area contributed by atoms with E-state index in [0.29, 0.717) is 28.4 Å². The number of amides is 1. The summed E-state index contributed by atoms with van der Waals surface area (Å²) < 4.78 is 13.5. The van der Waals surface area contributed by atoms with Crippen molar-refractivity contribution in [1.82, 2.24) is 4.57 Å². The van der Waals surface area contributed by atoms with Crippen LogP contribution in [0.3, 0.4) is 0 Å². The van der Waals surface area contributed by atoms with Crippen LogP contribution in [0.5, 0.6) is 11.5 Å². The summed E-state index contributed by atoms with van der Waals surface area (Å²) in [5, 5.41) is 0. The number of benzene rings is 2. The molecule has 6 heteroatoms. The monoisotopic (exact) mass is 380 g/mol. The first-order valence-electron chi connectivity index (χ1n) is 8.33. The molecular formula is C21H20N2O3S. The maximum Gasteiger partial charge on any atom is 0.279 e. The minimum Gasteiger partial charge on any atom is -0.493 e. The van der Waals surface area contributed by atoms with Gasteiger partial charge in [-0.25, -0.2) is 0 Å². The van der Waals surface area contributed by atoms with Crippen molar-refractivity contribution in [3.63, 3.8) is 0 Å². The van der Waals surface area contributed by atoms with Gasteiger partial charge in [-0.15, -0.1) is 6.42 Å². The first-order chi connectivity index (χ1) is 13.0. The van der Waals surface area contributed by atoms with Crippen molar-refractivity contribution in [2.75, 3.05) is 14.2 Å². The van der Waals surface area contributed by atoms with Gasteiger partial charge in [0.1, 0.15) is 0 Å². The lowest BCUT2D eigenvalue weighted by Crippen LogP contribution is -2.16. The first kappa shape index (κ1) is 18.7. The van der Waals surface area contributed by atoms with Crippen LogP contribution in [0.1, 0.15) is 21.5 Å². The van der Waals surface area contributed by atoms with E-state index in [1.54, 1.807) is 20.3 Å². The third-order valence-electron chi connectivity index (χ3n) is 4.25. The zero-order chi connectivity index (χ0) is 19.6. The Labute approximate surface area is 161 Å². The first-order valence-corrected chi connectivity index (χ1v) is 9.15. The van der Waals surface area contributed by atoms with Crippen LogP contribution in [0.15, 0.2) is 35.3 Å². The number of carbonyl (C=O) groups excluding carboxylic acids is 1. The number of aryl methyl sites for hydroxylation is 2. The number of methoxy groups -OCH3 is 2. The summed E-state index contributed by atoms with van der Waals surface area (Å²) in [6.45, 7) is 4.20. The second kappa shape index (κ2) is 7.68. The number of aromatic nitrogens is 1. The fraction of sp³-hybridized carbons (Fsp3) is 0.238. The van der Waals surface area contributed by atoms with Gasteiger partial charge in [-0.1, -0.05) is 35.0 Å². The summed E-state index contributed by atoms with van der Waals surface area (Å²) in [6, 6.07) is 9.40. The molecule has 3 aromatic rings. The smallest absolute Gasteiger partial charge is 0.279 e. The van der Waals surface area contributed by atoms with Crippen molar-refractivity contribution in [2.45, 2.75) is 20.4 Å². The molecule has 0 unspecified atom stereocenters. The Morgan fingerprint density at radius 1 is 1.19 bits per heavy atom. The number of rotatable bonds is 4. The van der Waals surface area contributed by atoms with E-state index in [-0.39, 0.29) is 5.91 Å². The maximum atomic E-state index is 12.8. The number of fused-ring (bicyclic) bond motifs is 1. The van der Waals surface area contributed by atoms with Gasteiger partial charge in [-0.3, -0.25) is 4.79 Å². The van der Waals surface area contributed by atoms with Crippen LogP contribution >= 0.6 is 11.3 Å². The highest BCUT2D eigenvalue weighted by Crippen LogP contribution is 2.33. The molecule has 0 saturated carbocycles. The number of carbonyl (C=O) groups is 1. The number of nitrogens with zero attached hydrogens (tertiary/aromatic N) is 2. The Bertz CT molecular complexity index is 1130. The minimum atomic E-state index is -0.288. The molecule has 0 N–H and O–H groups in total. The molecule has 5 nitrogen and oxygen atoms in total. The Kier molecular flexibility index (Phi) is 5.33. The van der Waals surface area contributed by atoms with E-state index in [2.05, 4.69) is 10.9 Å². The summed E-state index contributed by atoms with van der Waals surface area (Å²) in [6.07, 6.45) is 5.54. The molecule has 27 heavy (non-hydrogen) atoms. The zero-order valence-electron chi connectivity index (χ0n) is 15.7. The van der Waals surface area contributed by atoms with Crippen LogP contribution in [0.4, 0.5) is 0 Å². The Balaban J connectivity index is 2.20. The third-order valence-corrected chi connectivity index (χ3v) is 5.29. The molecule has 1 heterocycles. The van der Waals surface area contributed by atoms with Crippen LogP contribution in [0.2, 0.25) is 0 Å². The van der Waals surface area contributed by atoms with Gasteiger partial charge in [-0.2, -0.15) is 4.99 Å². The summed E-state index contributed by atoms with van der Waals surface area (Å²) >= 11 is 1.39. The van der Waals surface area contributed by atoms with Crippen molar-refractivity contribution in [1.29, 1.82) is 0 Å². The molecular weight excluding hydrogens is 360 g/mol. The number of hydrogen-bond donors (Lipinski definition) is 0. The number of ether oxygens (including phenoxy) is 2. The lowest BCUT2D eigenvalue weighted by Gasteiger charge is -2.08. The maximum absolute atomic E-state index is 12.8. The van der Waals surface area contributed by atoms with Crippen LogP contribution in [-0.4, -0.2) is 24.7 Å². The predicted molar refractivity (Wildman–Crippen MR) is 108 cm³/mol. The highest BCUT2D eigenvalue weighted by atomic mass is 32.1. The van der Waals surface area contributed by atoms with Crippen molar-refractivity contribution >= 4 is 27.5 Å². The van der Waals surface area contributed by atoms with E-state index in [9.17, 15) is 4.79 Å². The van der Waals surface area contributed by atoms with E-state index in [1.807, 2.05) is 42.7 Å². The molecule has 0 saturated heterocycles. The lowest BCUT2D eigenvalue weighted by atomic mass is 10.1. The molecule has 0 aliphatic carbocycles. The van der Waals surface area contributed by atoms with Gasteiger partial charge < -0.3 is 14.0 Å². The Hall–Kier alpha value is -3.04. The van der Waals surface area contributed by atoms with Gasteiger partial charge in [0.05, 0.1) is 31.0 Å². The van der Waals surface area contributed by atoms with Crippen LogP contribution in [0, 0.1) is 26.2 Å². The number of terminal acetylenes is 1. The lowest BCUT2D eigenvalue weighted by molar-refractivity contribution is 0.0997. The largest absolute Gasteiger partial charge is 0.493 e. The van der Waals surface area contributed by atoms with E-state index in [1.165, 1.54) is 11.3 Å². The SMILES string of the molecule is C#CCn1c(=NC(=O)c2ccc(C)cc2C)sc2cc(OC)c(OC)cc21. The third kappa shape index (κ3) is 3.60. The van der Waals surface area contributed by atoms with Crippen LogP contribution in [0.25, 0.3) is 10.2 Å². The van der Waals surface area contributed by atoms with Crippen molar-refractivity contribution in [3.05, 3.63) is 51.8 Å². The summed E-state index contributed by atoms with van der Waals surface area (Å²) in [4.78, 5) is 17.6. The molecule has 138 valence electrons. The predicted octanol–water partition coefficient (Wildman–Crippen LogP) is 3.71. The van der Waals surface area contributed by atoms with Gasteiger partial charge >= 0.3 is 0 Å². The highest BCUT2D eigenvalue weighted by molar-refractivity contribution is 7.16. The van der Waals surface area contributed by atoms with Crippen molar-refractivity contribution in [3.8, 4) is 23.8 Å². The molecule has 0 radical (unpaired) electrons. The quantitative estimate of drug-likeness (QED) is 0.649. The second-order valence-electron chi connectivity index (χ2n) is 6.09. The van der Waals surface area contributed by atoms with Gasteiger partial charge in [0.2, 0.25) is 0 Å². The fourth-order valence-electron chi connectivity index (χ4n) is 2.93. The van der Waals surface area contributed by atoms with Crippen molar-refractivity contribution in [2.24, 2.45) is 4.99 Å². The Morgan fingerprint density at radius 2 is 1.89 bits per heavy atom. The zero-order valence-corrected chi connectivity index (χ0v) is 16.5. The van der Waals surface area contributed by atoms with Gasteiger partial charge in [0, 0.05) is 17.7 Å². The number of thiazole rings is 1. The van der Waals surface area contributed by atoms with Gasteiger partial charge in [0.15, 0.2) is 16.3 Å². The van der Waals surface area contributed by atoms with E-state index in [0.717, 1.165) is 21.3 Å². The molecule has 0 spiro atoms. The average Bonchev–Trinajstić information content (AvgIpc) is 2.96. The molecule has 2 aromatic carbocycles. The molecule has 0 bridgehead atoms. The average molecular weight is 380 g/mol. The molecule has 0 atom stereocenters. The second-order valence-corrected chi connectivity index (χ2v) is 7.09. The van der Waals surface area contributed by atoms with Crippen molar-refractivity contribution < 1.29 is 14.3 Å². The van der Waals surface area contributed by atoms with Crippen LogP contribution in [-0.2, 0) is 6.54 Å². The molecule has 0 fully saturated rings. The fourth-order valence-corrected chi connectivity index (χ4v) is 3.96. The topological polar surface area (TPSA) is 52.8 Å². The summed E-state index contributed by atoms with van der Waals surface area (Å²) in [5.74, 6) is 3.55. The van der Waals surface area contributed by atoms with E-state index >= 15 is 0 Å². The Morgan fingerprint density at radius 3 is 2.52 bits per heavy atom. The van der Waals surface area contributed by atoms with E-state index < -0.39 is 0 Å².